The third-order valence-corrected chi connectivity index (χ3v) is 2.79. The zero-order chi connectivity index (χ0) is 11.7. The van der Waals surface area contributed by atoms with E-state index in [1.54, 1.807) is 0 Å². The molecule has 2 aromatic rings. The van der Waals surface area contributed by atoms with Crippen LogP contribution < -0.4 is 0 Å². The Hall–Kier alpha value is -1.61. The summed E-state index contributed by atoms with van der Waals surface area (Å²) in [6.45, 7) is 2.00. The number of fused-ring (bicyclic) bond motifs is 1. The van der Waals surface area contributed by atoms with E-state index in [1.807, 2.05) is 25.1 Å². The largest absolute Gasteiger partial charge is 0.477 e. The number of carboxylic acid groups (broad SMARTS) is 1. The first-order valence-electron chi connectivity index (χ1n) is 4.95. The summed E-state index contributed by atoms with van der Waals surface area (Å²) in [4.78, 5) is 15.0. The van der Waals surface area contributed by atoms with Gasteiger partial charge in [-0.15, -0.1) is 0 Å². The van der Waals surface area contributed by atoms with Crippen molar-refractivity contribution in [2.45, 2.75) is 13.3 Å². The summed E-state index contributed by atoms with van der Waals surface area (Å²) in [6.07, 6.45) is 0.795. The Bertz CT molecular complexity index is 566. The molecule has 4 heteroatoms. The van der Waals surface area contributed by atoms with Crippen LogP contribution >= 0.6 is 11.6 Å². The second-order valence-electron chi connectivity index (χ2n) is 3.46. The summed E-state index contributed by atoms with van der Waals surface area (Å²) in [5.74, 6) is -1.06. The van der Waals surface area contributed by atoms with Gasteiger partial charge in [0, 0.05) is 5.39 Å². The van der Waals surface area contributed by atoms with Crippen molar-refractivity contribution in [3.05, 3.63) is 40.5 Å². The summed E-state index contributed by atoms with van der Waals surface area (Å²) >= 11 is 6.03. The van der Waals surface area contributed by atoms with Crippen molar-refractivity contribution in [3.8, 4) is 0 Å². The normalized spacial score (nSPS) is 10.6. The summed E-state index contributed by atoms with van der Waals surface area (Å²) < 4.78 is 0. The van der Waals surface area contributed by atoms with Crippen LogP contribution in [0.25, 0.3) is 10.9 Å². The third kappa shape index (κ3) is 1.74. The molecule has 1 aromatic heterocycles. The Kier molecular flexibility index (Phi) is 2.79. The molecule has 0 aliphatic heterocycles. The van der Waals surface area contributed by atoms with Crippen molar-refractivity contribution >= 4 is 28.5 Å². The van der Waals surface area contributed by atoms with Gasteiger partial charge in [0.2, 0.25) is 0 Å². The average molecular weight is 236 g/mol. The SMILES string of the molecule is CCc1cccc2c(Cl)cc(C(=O)O)nc12. The Labute approximate surface area is 97.7 Å². The smallest absolute Gasteiger partial charge is 0.354 e. The monoisotopic (exact) mass is 235 g/mol. The number of hydrogen-bond acceptors (Lipinski definition) is 2. The van der Waals surface area contributed by atoms with Gasteiger partial charge in [-0.2, -0.15) is 0 Å². The molecule has 1 heterocycles. The highest BCUT2D eigenvalue weighted by atomic mass is 35.5. The molecule has 1 N–H and O–H groups in total. The molecule has 82 valence electrons. The number of nitrogens with zero attached hydrogens (tertiary/aromatic N) is 1. The molecule has 0 saturated carbocycles. The van der Waals surface area contributed by atoms with Gasteiger partial charge in [-0.25, -0.2) is 9.78 Å². The van der Waals surface area contributed by atoms with Crippen LogP contribution in [0.3, 0.4) is 0 Å². The first-order chi connectivity index (χ1) is 7.63. The number of aromatic carboxylic acids is 1. The van der Waals surface area contributed by atoms with E-state index in [-0.39, 0.29) is 5.69 Å². The number of hydrogen-bond donors (Lipinski definition) is 1. The minimum Gasteiger partial charge on any atom is -0.477 e. The van der Waals surface area contributed by atoms with Gasteiger partial charge in [0.05, 0.1) is 10.5 Å². The van der Waals surface area contributed by atoms with Crippen molar-refractivity contribution in [2.75, 3.05) is 0 Å². The Morgan fingerprint density at radius 2 is 2.25 bits per heavy atom. The average Bonchev–Trinajstić information content (AvgIpc) is 2.28. The number of rotatable bonds is 2. The van der Waals surface area contributed by atoms with E-state index in [2.05, 4.69) is 4.98 Å². The van der Waals surface area contributed by atoms with E-state index in [0.717, 1.165) is 17.4 Å². The standard InChI is InChI=1S/C12H10ClNO2/c1-2-7-4-3-5-8-9(13)6-10(12(15)16)14-11(7)8/h3-6H,2H2,1H3,(H,15,16). The number of carboxylic acids is 1. The molecule has 0 radical (unpaired) electrons. The van der Waals surface area contributed by atoms with Crippen molar-refractivity contribution in [2.24, 2.45) is 0 Å². The van der Waals surface area contributed by atoms with Crippen molar-refractivity contribution in [3.63, 3.8) is 0 Å². The fourth-order valence-electron chi connectivity index (χ4n) is 1.66. The van der Waals surface area contributed by atoms with Gasteiger partial charge in [-0.1, -0.05) is 36.7 Å². The highest BCUT2D eigenvalue weighted by Crippen LogP contribution is 2.25. The highest BCUT2D eigenvalue weighted by Gasteiger charge is 2.11. The van der Waals surface area contributed by atoms with Gasteiger partial charge in [0.25, 0.3) is 0 Å². The van der Waals surface area contributed by atoms with E-state index < -0.39 is 5.97 Å². The van der Waals surface area contributed by atoms with Crippen molar-refractivity contribution in [1.29, 1.82) is 0 Å². The lowest BCUT2D eigenvalue weighted by Gasteiger charge is -2.06. The van der Waals surface area contributed by atoms with E-state index in [0.29, 0.717) is 10.5 Å². The van der Waals surface area contributed by atoms with Gasteiger partial charge in [0.15, 0.2) is 0 Å². The lowest BCUT2D eigenvalue weighted by atomic mass is 10.1. The first kappa shape index (κ1) is 10.9. The van der Waals surface area contributed by atoms with Crippen LogP contribution in [0.2, 0.25) is 5.02 Å². The number of aryl methyl sites for hydroxylation is 1. The molecule has 0 aliphatic rings. The lowest BCUT2D eigenvalue weighted by Crippen LogP contribution is -2.01. The van der Waals surface area contributed by atoms with Gasteiger partial charge in [-0.3, -0.25) is 0 Å². The van der Waals surface area contributed by atoms with Crippen LogP contribution in [0.15, 0.2) is 24.3 Å². The number of pyridine rings is 1. The second-order valence-corrected chi connectivity index (χ2v) is 3.87. The van der Waals surface area contributed by atoms with Crippen LogP contribution in [0.4, 0.5) is 0 Å². The molecule has 0 spiro atoms. The van der Waals surface area contributed by atoms with Gasteiger partial charge >= 0.3 is 5.97 Å². The molecule has 0 fully saturated rings. The maximum absolute atomic E-state index is 10.9. The highest BCUT2D eigenvalue weighted by molar-refractivity contribution is 6.35. The van der Waals surface area contributed by atoms with E-state index in [1.165, 1.54) is 6.07 Å². The fraction of sp³-hybridized carbons (Fsp3) is 0.167. The first-order valence-corrected chi connectivity index (χ1v) is 5.32. The molecule has 16 heavy (non-hydrogen) atoms. The molecule has 0 unspecified atom stereocenters. The molecule has 0 amide bonds. The van der Waals surface area contributed by atoms with Crippen LogP contribution in [0, 0.1) is 0 Å². The second kappa shape index (κ2) is 4.10. The molecule has 2 rings (SSSR count). The Balaban J connectivity index is 2.82. The molecular weight excluding hydrogens is 226 g/mol. The summed E-state index contributed by atoms with van der Waals surface area (Å²) in [7, 11) is 0. The predicted octanol–water partition coefficient (Wildman–Crippen LogP) is 3.15. The fourth-order valence-corrected chi connectivity index (χ4v) is 1.92. The molecule has 0 atom stereocenters. The Morgan fingerprint density at radius 1 is 1.50 bits per heavy atom. The number of para-hydroxylation sites is 1. The summed E-state index contributed by atoms with van der Waals surface area (Å²) in [5, 5.41) is 10.1. The molecular formula is C12H10ClNO2. The molecule has 0 saturated heterocycles. The van der Waals surface area contributed by atoms with E-state index in [9.17, 15) is 4.79 Å². The maximum atomic E-state index is 10.9. The van der Waals surface area contributed by atoms with E-state index >= 15 is 0 Å². The number of aromatic nitrogens is 1. The maximum Gasteiger partial charge on any atom is 0.354 e. The minimum absolute atomic E-state index is 0.0154. The number of carbonyl (C=O) groups is 1. The number of benzene rings is 1. The zero-order valence-corrected chi connectivity index (χ0v) is 9.45. The molecule has 1 aromatic carbocycles. The number of halogens is 1. The van der Waals surface area contributed by atoms with Crippen LogP contribution in [-0.4, -0.2) is 16.1 Å². The van der Waals surface area contributed by atoms with Crippen LogP contribution in [0.1, 0.15) is 23.0 Å². The topological polar surface area (TPSA) is 50.2 Å². The minimum atomic E-state index is -1.06. The molecule has 0 aliphatic carbocycles. The predicted molar refractivity (Wildman–Crippen MR) is 63.1 cm³/mol. The van der Waals surface area contributed by atoms with E-state index in [4.69, 9.17) is 16.7 Å². The molecule has 0 bridgehead atoms. The van der Waals surface area contributed by atoms with Crippen molar-refractivity contribution < 1.29 is 9.90 Å². The summed E-state index contributed by atoms with van der Waals surface area (Å²) in [5.41, 5.74) is 1.66. The quantitative estimate of drug-likeness (QED) is 0.870. The lowest BCUT2D eigenvalue weighted by molar-refractivity contribution is 0.0691. The van der Waals surface area contributed by atoms with Crippen molar-refractivity contribution in [1.82, 2.24) is 4.98 Å². The van der Waals surface area contributed by atoms with Gasteiger partial charge in [0.1, 0.15) is 5.69 Å². The molecule has 3 nitrogen and oxygen atoms in total. The van der Waals surface area contributed by atoms with Gasteiger partial charge in [-0.05, 0) is 18.1 Å². The third-order valence-electron chi connectivity index (χ3n) is 2.47. The summed E-state index contributed by atoms with van der Waals surface area (Å²) in [6, 6.07) is 7.05. The Morgan fingerprint density at radius 3 is 2.88 bits per heavy atom. The van der Waals surface area contributed by atoms with Crippen LogP contribution in [0.5, 0.6) is 0 Å². The van der Waals surface area contributed by atoms with Gasteiger partial charge < -0.3 is 5.11 Å². The van der Waals surface area contributed by atoms with Crippen LogP contribution in [-0.2, 0) is 6.42 Å². The zero-order valence-electron chi connectivity index (χ0n) is 8.70.